The van der Waals surface area contributed by atoms with Crippen LogP contribution >= 0.6 is 0 Å². The van der Waals surface area contributed by atoms with Crippen LogP contribution in [-0.4, -0.2) is 26.2 Å². The molecule has 1 aliphatic heterocycles. The molecule has 1 saturated carbocycles. The predicted molar refractivity (Wildman–Crippen MR) is 69.7 cm³/mol. The summed E-state index contributed by atoms with van der Waals surface area (Å²) in [6.07, 6.45) is 8.33. The van der Waals surface area contributed by atoms with Gasteiger partial charge in [-0.25, -0.2) is 0 Å². The van der Waals surface area contributed by atoms with E-state index in [0.717, 1.165) is 0 Å². The Bertz CT molecular complexity index is 209. The van der Waals surface area contributed by atoms with Gasteiger partial charge in [-0.2, -0.15) is 0 Å². The molecule has 16 heavy (non-hydrogen) atoms. The third-order valence-electron chi connectivity index (χ3n) is 4.60. The van der Waals surface area contributed by atoms with Gasteiger partial charge in [-0.1, -0.05) is 20.3 Å². The van der Waals surface area contributed by atoms with E-state index in [-0.39, 0.29) is 0 Å². The maximum absolute atomic E-state index is 3.76. The smallest absolute Gasteiger partial charge is 0.000899 e. The van der Waals surface area contributed by atoms with Crippen LogP contribution in [-0.2, 0) is 0 Å². The van der Waals surface area contributed by atoms with E-state index in [2.05, 4.69) is 24.5 Å². The Morgan fingerprint density at radius 2 is 1.75 bits per heavy atom. The summed E-state index contributed by atoms with van der Waals surface area (Å²) in [6.45, 7) is 9.67. The van der Waals surface area contributed by atoms with Crippen molar-refractivity contribution in [2.24, 2.45) is 10.8 Å². The Balaban J connectivity index is 1.76. The van der Waals surface area contributed by atoms with Crippen LogP contribution in [0.25, 0.3) is 0 Å². The molecule has 0 atom stereocenters. The molecule has 0 spiro atoms. The molecule has 0 aromatic rings. The second-order valence-electron chi connectivity index (χ2n) is 6.41. The zero-order chi connectivity index (χ0) is 11.5. The molecule has 94 valence electrons. The third-order valence-corrected chi connectivity index (χ3v) is 4.60. The minimum Gasteiger partial charge on any atom is -0.317 e. The van der Waals surface area contributed by atoms with E-state index in [1.807, 2.05) is 0 Å². The van der Waals surface area contributed by atoms with Crippen LogP contribution in [0.4, 0.5) is 0 Å². The molecule has 2 N–H and O–H groups in total. The fourth-order valence-corrected chi connectivity index (χ4v) is 3.02. The van der Waals surface area contributed by atoms with Crippen molar-refractivity contribution in [1.82, 2.24) is 10.6 Å². The Hall–Kier alpha value is -0.0800. The van der Waals surface area contributed by atoms with E-state index in [1.165, 1.54) is 64.7 Å². The summed E-state index contributed by atoms with van der Waals surface area (Å²) in [5.41, 5.74) is 1.26. The van der Waals surface area contributed by atoms with E-state index < -0.39 is 0 Å². The highest BCUT2D eigenvalue weighted by Gasteiger charge is 2.38. The Kier molecular flexibility index (Phi) is 3.91. The zero-order valence-electron chi connectivity index (χ0n) is 11.1. The molecular formula is C14H28N2. The molecule has 2 nitrogen and oxygen atoms in total. The fraction of sp³-hybridized carbons (Fsp3) is 1.00. The first-order valence-electron chi connectivity index (χ1n) is 7.10. The summed E-state index contributed by atoms with van der Waals surface area (Å²) < 4.78 is 0. The summed E-state index contributed by atoms with van der Waals surface area (Å²) in [5, 5.41) is 7.24. The molecule has 2 aliphatic rings. The lowest BCUT2D eigenvalue weighted by molar-refractivity contribution is 0.173. The van der Waals surface area contributed by atoms with Crippen LogP contribution < -0.4 is 10.6 Å². The maximum Gasteiger partial charge on any atom is 0.000899 e. The summed E-state index contributed by atoms with van der Waals surface area (Å²) >= 11 is 0. The van der Waals surface area contributed by atoms with Crippen molar-refractivity contribution < 1.29 is 0 Å². The summed E-state index contributed by atoms with van der Waals surface area (Å²) in [4.78, 5) is 0. The first-order valence-corrected chi connectivity index (χ1v) is 7.10. The highest BCUT2D eigenvalue weighted by atomic mass is 14.9. The van der Waals surface area contributed by atoms with Gasteiger partial charge in [-0.3, -0.25) is 0 Å². The number of hydrogen-bond donors (Lipinski definition) is 2. The Morgan fingerprint density at radius 1 is 1.06 bits per heavy atom. The summed E-state index contributed by atoms with van der Waals surface area (Å²) in [7, 11) is 0. The molecule has 0 amide bonds. The van der Waals surface area contributed by atoms with Gasteiger partial charge in [-0.05, 0) is 56.0 Å². The second-order valence-corrected chi connectivity index (χ2v) is 6.41. The molecular weight excluding hydrogens is 196 g/mol. The molecule has 0 aromatic carbocycles. The lowest BCUT2D eigenvalue weighted by atomic mass is 9.75. The van der Waals surface area contributed by atoms with Crippen molar-refractivity contribution in [3.05, 3.63) is 0 Å². The SMILES string of the molecule is CCCC1(CNCC2(C)CC2)CCNCC1. The van der Waals surface area contributed by atoms with Crippen LogP contribution in [0.15, 0.2) is 0 Å². The van der Waals surface area contributed by atoms with Gasteiger partial charge in [0, 0.05) is 13.1 Å². The zero-order valence-corrected chi connectivity index (χ0v) is 11.1. The van der Waals surface area contributed by atoms with Crippen LogP contribution in [0.1, 0.15) is 52.4 Å². The Morgan fingerprint density at radius 3 is 2.31 bits per heavy atom. The molecule has 1 saturated heterocycles. The number of hydrogen-bond acceptors (Lipinski definition) is 2. The van der Waals surface area contributed by atoms with Crippen molar-refractivity contribution in [1.29, 1.82) is 0 Å². The number of piperidine rings is 1. The van der Waals surface area contributed by atoms with E-state index in [0.29, 0.717) is 10.8 Å². The minimum atomic E-state index is 0.602. The van der Waals surface area contributed by atoms with E-state index in [4.69, 9.17) is 0 Å². The van der Waals surface area contributed by atoms with Gasteiger partial charge in [-0.15, -0.1) is 0 Å². The molecule has 2 heteroatoms. The van der Waals surface area contributed by atoms with Crippen molar-refractivity contribution in [3.63, 3.8) is 0 Å². The third kappa shape index (κ3) is 3.21. The number of nitrogens with one attached hydrogen (secondary N) is 2. The molecule has 0 radical (unpaired) electrons. The maximum atomic E-state index is 3.76. The Labute approximate surface area is 101 Å². The van der Waals surface area contributed by atoms with Gasteiger partial charge in [0.1, 0.15) is 0 Å². The molecule has 0 aromatic heterocycles. The molecule has 0 unspecified atom stereocenters. The first kappa shape index (κ1) is 12.4. The van der Waals surface area contributed by atoms with Gasteiger partial charge in [0.05, 0.1) is 0 Å². The first-order chi connectivity index (χ1) is 7.68. The van der Waals surface area contributed by atoms with Crippen molar-refractivity contribution in [3.8, 4) is 0 Å². The van der Waals surface area contributed by atoms with Crippen LogP contribution in [0, 0.1) is 10.8 Å². The van der Waals surface area contributed by atoms with Crippen LogP contribution in [0.2, 0.25) is 0 Å². The lowest BCUT2D eigenvalue weighted by Gasteiger charge is -2.38. The van der Waals surface area contributed by atoms with Gasteiger partial charge in [0.15, 0.2) is 0 Å². The average Bonchev–Trinajstić information content (AvgIpc) is 2.98. The van der Waals surface area contributed by atoms with Gasteiger partial charge in [0.25, 0.3) is 0 Å². The predicted octanol–water partition coefficient (Wildman–Crippen LogP) is 2.55. The monoisotopic (exact) mass is 224 g/mol. The lowest BCUT2D eigenvalue weighted by Crippen LogP contribution is -2.44. The summed E-state index contributed by atoms with van der Waals surface area (Å²) in [6, 6.07) is 0. The largest absolute Gasteiger partial charge is 0.317 e. The van der Waals surface area contributed by atoms with Gasteiger partial charge < -0.3 is 10.6 Å². The van der Waals surface area contributed by atoms with E-state index >= 15 is 0 Å². The molecule has 1 heterocycles. The number of rotatable bonds is 6. The van der Waals surface area contributed by atoms with Crippen molar-refractivity contribution in [2.75, 3.05) is 26.2 Å². The second kappa shape index (κ2) is 5.05. The van der Waals surface area contributed by atoms with Crippen LogP contribution in [0.5, 0.6) is 0 Å². The van der Waals surface area contributed by atoms with Crippen LogP contribution in [0.3, 0.4) is 0 Å². The van der Waals surface area contributed by atoms with E-state index in [9.17, 15) is 0 Å². The van der Waals surface area contributed by atoms with E-state index in [1.54, 1.807) is 0 Å². The fourth-order valence-electron chi connectivity index (χ4n) is 3.02. The summed E-state index contributed by atoms with van der Waals surface area (Å²) in [5.74, 6) is 0. The molecule has 2 fully saturated rings. The normalized spacial score (nSPS) is 26.6. The average molecular weight is 224 g/mol. The molecule has 1 aliphatic carbocycles. The molecule has 0 bridgehead atoms. The highest BCUT2D eigenvalue weighted by molar-refractivity contribution is 4.92. The standard InChI is InChI=1S/C14H28N2/c1-3-4-14(7-9-15-10-8-14)12-16-11-13(2)5-6-13/h15-16H,3-12H2,1-2H3. The minimum absolute atomic E-state index is 0.602. The van der Waals surface area contributed by atoms with Crippen molar-refractivity contribution >= 4 is 0 Å². The van der Waals surface area contributed by atoms with Crippen molar-refractivity contribution in [2.45, 2.75) is 52.4 Å². The van der Waals surface area contributed by atoms with Gasteiger partial charge >= 0.3 is 0 Å². The highest BCUT2D eigenvalue weighted by Crippen LogP contribution is 2.44. The van der Waals surface area contributed by atoms with Gasteiger partial charge in [0.2, 0.25) is 0 Å². The molecule has 2 rings (SSSR count). The topological polar surface area (TPSA) is 24.1 Å². The quantitative estimate of drug-likeness (QED) is 0.724.